The summed E-state index contributed by atoms with van der Waals surface area (Å²) in [5.74, 6) is 2.90. The maximum absolute atomic E-state index is 6.05. The standard InChI is InChI=1S/C21H29N5O/c1-17-8-4-5-9-19(17)27-18(2)16-24-21(22-3)26-14-12-25(13-15-26)20-10-6-7-11-23-20/h4-11,18H,12-16H2,1-3H3,(H,22,24). The van der Waals surface area contributed by atoms with Crippen LogP contribution in [0.4, 0.5) is 5.82 Å². The first kappa shape index (κ1) is 19.0. The van der Waals surface area contributed by atoms with Gasteiger partial charge in [-0.25, -0.2) is 4.98 Å². The lowest BCUT2D eigenvalue weighted by atomic mass is 10.2. The van der Waals surface area contributed by atoms with Crippen LogP contribution in [0.5, 0.6) is 5.75 Å². The van der Waals surface area contributed by atoms with E-state index in [4.69, 9.17) is 4.74 Å². The van der Waals surface area contributed by atoms with Crippen molar-refractivity contribution in [3.63, 3.8) is 0 Å². The lowest BCUT2D eigenvalue weighted by molar-refractivity contribution is 0.220. The molecule has 2 aromatic rings. The molecule has 0 radical (unpaired) electrons. The van der Waals surface area contributed by atoms with Crippen LogP contribution in [-0.2, 0) is 0 Å². The van der Waals surface area contributed by atoms with Crippen molar-refractivity contribution >= 4 is 11.8 Å². The highest BCUT2D eigenvalue weighted by atomic mass is 16.5. The number of ether oxygens (including phenoxy) is 1. The van der Waals surface area contributed by atoms with E-state index >= 15 is 0 Å². The van der Waals surface area contributed by atoms with Gasteiger partial charge in [0.1, 0.15) is 17.7 Å². The minimum Gasteiger partial charge on any atom is -0.489 e. The van der Waals surface area contributed by atoms with Crippen LogP contribution in [0.1, 0.15) is 12.5 Å². The van der Waals surface area contributed by atoms with E-state index in [9.17, 15) is 0 Å². The Morgan fingerprint density at radius 2 is 1.89 bits per heavy atom. The first-order valence-electron chi connectivity index (χ1n) is 9.51. The van der Waals surface area contributed by atoms with Crippen LogP contribution < -0.4 is 15.0 Å². The van der Waals surface area contributed by atoms with Crippen LogP contribution in [0.2, 0.25) is 0 Å². The average molecular weight is 367 g/mol. The first-order chi connectivity index (χ1) is 13.2. The fraction of sp³-hybridized carbons (Fsp3) is 0.429. The molecule has 1 aromatic carbocycles. The van der Waals surface area contributed by atoms with Gasteiger partial charge in [0.25, 0.3) is 0 Å². The fourth-order valence-corrected chi connectivity index (χ4v) is 3.20. The van der Waals surface area contributed by atoms with Gasteiger partial charge in [-0.1, -0.05) is 24.3 Å². The molecule has 27 heavy (non-hydrogen) atoms. The van der Waals surface area contributed by atoms with Crippen LogP contribution in [-0.4, -0.2) is 61.7 Å². The topological polar surface area (TPSA) is 53.0 Å². The molecular weight excluding hydrogens is 338 g/mol. The molecule has 0 spiro atoms. The number of hydrogen-bond acceptors (Lipinski definition) is 4. The van der Waals surface area contributed by atoms with Crippen molar-refractivity contribution < 1.29 is 4.74 Å². The SMILES string of the molecule is CN=C(NCC(C)Oc1ccccc1C)N1CCN(c2ccccn2)CC1. The highest BCUT2D eigenvalue weighted by Gasteiger charge is 2.20. The fourth-order valence-electron chi connectivity index (χ4n) is 3.20. The third-order valence-electron chi connectivity index (χ3n) is 4.73. The van der Waals surface area contributed by atoms with Crippen LogP contribution in [0.3, 0.4) is 0 Å². The number of pyridine rings is 1. The minimum absolute atomic E-state index is 0.0534. The molecule has 1 unspecified atom stereocenters. The number of rotatable bonds is 5. The number of nitrogens with zero attached hydrogens (tertiary/aromatic N) is 4. The van der Waals surface area contributed by atoms with E-state index < -0.39 is 0 Å². The average Bonchev–Trinajstić information content (AvgIpc) is 2.71. The Bertz CT molecular complexity index is 741. The van der Waals surface area contributed by atoms with Gasteiger partial charge in [-0.2, -0.15) is 0 Å². The van der Waals surface area contributed by atoms with Gasteiger partial charge < -0.3 is 19.9 Å². The van der Waals surface area contributed by atoms with E-state index in [2.05, 4.69) is 51.1 Å². The number of piperazine rings is 1. The van der Waals surface area contributed by atoms with Gasteiger partial charge in [0.05, 0.1) is 6.54 Å². The molecule has 6 heteroatoms. The smallest absolute Gasteiger partial charge is 0.193 e. The van der Waals surface area contributed by atoms with E-state index in [0.29, 0.717) is 6.54 Å². The Kier molecular flexibility index (Phi) is 6.52. The number of hydrogen-bond donors (Lipinski definition) is 1. The molecule has 3 rings (SSSR count). The number of aromatic nitrogens is 1. The largest absolute Gasteiger partial charge is 0.489 e. The van der Waals surface area contributed by atoms with Crippen molar-refractivity contribution in [2.24, 2.45) is 4.99 Å². The second-order valence-electron chi connectivity index (χ2n) is 6.78. The maximum atomic E-state index is 6.05. The van der Waals surface area contributed by atoms with Gasteiger partial charge in [-0.3, -0.25) is 4.99 Å². The number of nitrogens with one attached hydrogen (secondary N) is 1. The number of aryl methyl sites for hydroxylation is 1. The number of guanidine groups is 1. The van der Waals surface area contributed by atoms with Crippen LogP contribution in [0.25, 0.3) is 0 Å². The zero-order valence-corrected chi connectivity index (χ0v) is 16.4. The molecule has 0 saturated carbocycles. The molecule has 1 fully saturated rings. The van der Waals surface area contributed by atoms with Gasteiger partial charge in [0, 0.05) is 39.4 Å². The number of benzene rings is 1. The molecular formula is C21H29N5O. The van der Waals surface area contributed by atoms with E-state index in [1.54, 1.807) is 0 Å². The second-order valence-corrected chi connectivity index (χ2v) is 6.78. The molecule has 0 amide bonds. The lowest BCUT2D eigenvalue weighted by Crippen LogP contribution is -2.53. The summed E-state index contributed by atoms with van der Waals surface area (Å²) in [7, 11) is 1.83. The summed E-state index contributed by atoms with van der Waals surface area (Å²) in [6, 6.07) is 14.1. The van der Waals surface area contributed by atoms with Crippen molar-refractivity contribution in [1.82, 2.24) is 15.2 Å². The van der Waals surface area contributed by atoms with E-state index in [-0.39, 0.29) is 6.10 Å². The molecule has 0 bridgehead atoms. The van der Waals surface area contributed by atoms with Crippen molar-refractivity contribution in [2.75, 3.05) is 44.7 Å². The van der Waals surface area contributed by atoms with Crippen LogP contribution >= 0.6 is 0 Å². The van der Waals surface area contributed by atoms with E-state index in [1.807, 2.05) is 43.6 Å². The Morgan fingerprint density at radius 3 is 2.56 bits per heavy atom. The summed E-state index contributed by atoms with van der Waals surface area (Å²) in [5, 5.41) is 3.45. The number of anilines is 1. The highest BCUT2D eigenvalue weighted by Crippen LogP contribution is 2.17. The highest BCUT2D eigenvalue weighted by molar-refractivity contribution is 5.80. The Morgan fingerprint density at radius 1 is 1.15 bits per heavy atom. The molecule has 1 atom stereocenters. The maximum Gasteiger partial charge on any atom is 0.193 e. The summed E-state index contributed by atoms with van der Waals surface area (Å²) in [5.41, 5.74) is 1.15. The van der Waals surface area contributed by atoms with Crippen LogP contribution in [0, 0.1) is 6.92 Å². The molecule has 1 aliphatic heterocycles. The third kappa shape index (κ3) is 5.12. The third-order valence-corrected chi connectivity index (χ3v) is 4.73. The van der Waals surface area contributed by atoms with Gasteiger partial charge in [0.2, 0.25) is 0 Å². The Balaban J connectivity index is 1.48. The minimum atomic E-state index is 0.0534. The monoisotopic (exact) mass is 367 g/mol. The van der Waals surface area contributed by atoms with E-state index in [1.165, 1.54) is 0 Å². The number of para-hydroxylation sites is 1. The molecule has 1 N–H and O–H groups in total. The summed E-state index contributed by atoms with van der Waals surface area (Å²) in [4.78, 5) is 13.5. The summed E-state index contributed by atoms with van der Waals surface area (Å²) in [6.45, 7) is 8.56. The quantitative estimate of drug-likeness (QED) is 0.650. The van der Waals surface area contributed by atoms with Crippen LogP contribution in [0.15, 0.2) is 53.7 Å². The van der Waals surface area contributed by atoms with Gasteiger partial charge in [0.15, 0.2) is 5.96 Å². The summed E-state index contributed by atoms with van der Waals surface area (Å²) in [6.07, 6.45) is 1.90. The molecule has 2 heterocycles. The van der Waals surface area contributed by atoms with Gasteiger partial charge >= 0.3 is 0 Å². The predicted octanol–water partition coefficient (Wildman–Crippen LogP) is 2.55. The normalized spacial score (nSPS) is 16.2. The molecule has 1 aliphatic rings. The lowest BCUT2D eigenvalue weighted by Gasteiger charge is -2.37. The zero-order chi connectivity index (χ0) is 19.1. The second kappa shape index (κ2) is 9.26. The van der Waals surface area contributed by atoms with Crippen molar-refractivity contribution in [3.8, 4) is 5.75 Å². The Hall–Kier alpha value is -2.76. The summed E-state index contributed by atoms with van der Waals surface area (Å²) < 4.78 is 6.05. The number of aliphatic imine (C=N–C) groups is 1. The molecule has 144 valence electrons. The van der Waals surface area contributed by atoms with Crippen molar-refractivity contribution in [3.05, 3.63) is 54.2 Å². The zero-order valence-electron chi connectivity index (χ0n) is 16.4. The predicted molar refractivity (Wildman–Crippen MR) is 111 cm³/mol. The molecule has 1 aromatic heterocycles. The molecule has 6 nitrogen and oxygen atoms in total. The van der Waals surface area contributed by atoms with Gasteiger partial charge in [-0.05, 0) is 37.6 Å². The van der Waals surface area contributed by atoms with E-state index in [0.717, 1.165) is 49.3 Å². The first-order valence-corrected chi connectivity index (χ1v) is 9.51. The van der Waals surface area contributed by atoms with Gasteiger partial charge in [-0.15, -0.1) is 0 Å². The Labute approximate surface area is 161 Å². The summed E-state index contributed by atoms with van der Waals surface area (Å²) >= 11 is 0. The van der Waals surface area contributed by atoms with Crippen molar-refractivity contribution in [1.29, 1.82) is 0 Å². The molecule has 0 aliphatic carbocycles. The van der Waals surface area contributed by atoms with Crippen molar-refractivity contribution in [2.45, 2.75) is 20.0 Å². The molecule has 1 saturated heterocycles.